The number of hydrogen-bond donors (Lipinski definition) is 1. The van der Waals surface area contributed by atoms with Crippen molar-refractivity contribution in [3.63, 3.8) is 0 Å². The van der Waals surface area contributed by atoms with Crippen molar-refractivity contribution < 1.29 is 4.79 Å². The second-order valence-electron chi connectivity index (χ2n) is 5.83. The highest BCUT2D eigenvalue weighted by atomic mass is 16.1. The molecular formula is C14H25NO. The number of hydrogen-bond acceptors (Lipinski definition) is 2. The average Bonchev–Trinajstić information content (AvgIpc) is 2.25. The molecule has 1 heterocycles. The lowest BCUT2D eigenvalue weighted by Gasteiger charge is -2.29. The Hall–Kier alpha value is -0.370. The minimum Gasteiger partial charge on any atom is -0.316 e. The van der Waals surface area contributed by atoms with Gasteiger partial charge in [-0.1, -0.05) is 26.2 Å². The van der Waals surface area contributed by atoms with Crippen LogP contribution in [0, 0.1) is 17.8 Å². The number of carbonyl (C=O) groups excluding carboxylic acids is 1. The Labute approximate surface area is 99.2 Å². The van der Waals surface area contributed by atoms with Gasteiger partial charge in [0, 0.05) is 12.8 Å². The molecule has 0 radical (unpaired) electrons. The van der Waals surface area contributed by atoms with Gasteiger partial charge >= 0.3 is 0 Å². The molecule has 2 nitrogen and oxygen atoms in total. The Bertz CT molecular complexity index is 229. The highest BCUT2D eigenvalue weighted by molar-refractivity contribution is 5.78. The molecule has 2 heteroatoms. The third kappa shape index (κ3) is 3.31. The summed E-state index contributed by atoms with van der Waals surface area (Å²) in [5, 5.41) is 3.44. The highest BCUT2D eigenvalue weighted by Gasteiger charge is 2.25. The van der Waals surface area contributed by atoms with E-state index in [0.717, 1.165) is 31.2 Å². The summed E-state index contributed by atoms with van der Waals surface area (Å²) in [6, 6.07) is 0. The first-order valence-electron chi connectivity index (χ1n) is 6.98. The van der Waals surface area contributed by atoms with Crippen molar-refractivity contribution in [2.75, 3.05) is 13.1 Å². The maximum absolute atomic E-state index is 11.9. The maximum Gasteiger partial charge on any atom is 0.133 e. The third-order valence-corrected chi connectivity index (χ3v) is 4.43. The van der Waals surface area contributed by atoms with E-state index in [-0.39, 0.29) is 0 Å². The van der Waals surface area contributed by atoms with E-state index in [4.69, 9.17) is 0 Å². The van der Waals surface area contributed by atoms with E-state index in [1.807, 2.05) is 0 Å². The zero-order valence-electron chi connectivity index (χ0n) is 10.5. The van der Waals surface area contributed by atoms with E-state index in [2.05, 4.69) is 12.2 Å². The van der Waals surface area contributed by atoms with Crippen LogP contribution in [-0.4, -0.2) is 18.9 Å². The third-order valence-electron chi connectivity index (χ3n) is 4.43. The first-order chi connectivity index (χ1) is 7.75. The Morgan fingerprint density at radius 1 is 1.31 bits per heavy atom. The summed E-state index contributed by atoms with van der Waals surface area (Å²) in [4.78, 5) is 11.9. The van der Waals surface area contributed by atoms with Crippen LogP contribution in [-0.2, 0) is 4.79 Å². The summed E-state index contributed by atoms with van der Waals surface area (Å²) in [6.45, 7) is 4.55. The van der Waals surface area contributed by atoms with Gasteiger partial charge in [0.15, 0.2) is 0 Å². The molecule has 1 saturated heterocycles. The van der Waals surface area contributed by atoms with Crippen molar-refractivity contribution in [3.05, 3.63) is 0 Å². The Morgan fingerprint density at radius 2 is 2.12 bits per heavy atom. The molecule has 2 fully saturated rings. The lowest BCUT2D eigenvalue weighted by molar-refractivity contribution is -0.121. The maximum atomic E-state index is 11.9. The van der Waals surface area contributed by atoms with Crippen LogP contribution in [0.1, 0.15) is 51.9 Å². The fourth-order valence-electron chi connectivity index (χ4n) is 2.99. The zero-order chi connectivity index (χ0) is 11.4. The van der Waals surface area contributed by atoms with Gasteiger partial charge in [-0.2, -0.15) is 0 Å². The minimum absolute atomic E-state index is 0.516. The predicted molar refractivity (Wildman–Crippen MR) is 66.3 cm³/mol. The van der Waals surface area contributed by atoms with E-state index in [9.17, 15) is 4.79 Å². The Morgan fingerprint density at radius 3 is 2.69 bits per heavy atom. The van der Waals surface area contributed by atoms with Gasteiger partial charge in [0.25, 0.3) is 0 Å². The summed E-state index contributed by atoms with van der Waals surface area (Å²) in [7, 11) is 0. The molecular weight excluding hydrogens is 198 g/mol. The predicted octanol–water partition coefficient (Wildman–Crippen LogP) is 2.77. The summed E-state index contributed by atoms with van der Waals surface area (Å²) < 4.78 is 0. The van der Waals surface area contributed by atoms with Crippen LogP contribution in [0.25, 0.3) is 0 Å². The van der Waals surface area contributed by atoms with Crippen molar-refractivity contribution in [2.24, 2.45) is 17.8 Å². The van der Waals surface area contributed by atoms with E-state index in [0.29, 0.717) is 11.7 Å². The SMILES string of the molecule is CC(CC(=O)CC1CCC1)C1CCCNC1. The zero-order valence-corrected chi connectivity index (χ0v) is 10.5. The molecule has 0 amide bonds. The molecule has 0 aromatic rings. The van der Waals surface area contributed by atoms with Crippen LogP contribution in [0.5, 0.6) is 0 Å². The van der Waals surface area contributed by atoms with Gasteiger partial charge in [0.05, 0.1) is 0 Å². The van der Waals surface area contributed by atoms with E-state index in [1.165, 1.54) is 38.6 Å². The molecule has 0 spiro atoms. The molecule has 2 rings (SSSR count). The summed E-state index contributed by atoms with van der Waals surface area (Å²) >= 11 is 0. The lowest BCUT2D eigenvalue weighted by atomic mass is 9.78. The Kier molecular flexibility index (Phi) is 4.39. The molecule has 2 aliphatic rings. The van der Waals surface area contributed by atoms with E-state index >= 15 is 0 Å². The highest BCUT2D eigenvalue weighted by Crippen LogP contribution is 2.31. The van der Waals surface area contributed by atoms with Crippen LogP contribution >= 0.6 is 0 Å². The van der Waals surface area contributed by atoms with Crippen LogP contribution in [0.15, 0.2) is 0 Å². The number of carbonyl (C=O) groups is 1. The smallest absolute Gasteiger partial charge is 0.133 e. The molecule has 16 heavy (non-hydrogen) atoms. The van der Waals surface area contributed by atoms with Gasteiger partial charge in [-0.15, -0.1) is 0 Å². The summed E-state index contributed by atoms with van der Waals surface area (Å²) in [5.41, 5.74) is 0. The van der Waals surface area contributed by atoms with Crippen molar-refractivity contribution in [1.82, 2.24) is 5.32 Å². The van der Waals surface area contributed by atoms with Gasteiger partial charge in [-0.25, -0.2) is 0 Å². The molecule has 2 atom stereocenters. The Balaban J connectivity index is 1.68. The molecule has 92 valence electrons. The van der Waals surface area contributed by atoms with Crippen molar-refractivity contribution in [2.45, 2.75) is 51.9 Å². The van der Waals surface area contributed by atoms with Gasteiger partial charge in [-0.05, 0) is 43.7 Å². The van der Waals surface area contributed by atoms with Gasteiger partial charge < -0.3 is 5.32 Å². The number of nitrogens with one attached hydrogen (secondary N) is 1. The van der Waals surface area contributed by atoms with Crippen LogP contribution < -0.4 is 5.32 Å². The molecule has 0 aromatic heterocycles. The first-order valence-corrected chi connectivity index (χ1v) is 6.98. The molecule has 1 N–H and O–H groups in total. The van der Waals surface area contributed by atoms with Crippen LogP contribution in [0.4, 0.5) is 0 Å². The van der Waals surface area contributed by atoms with Crippen molar-refractivity contribution in [3.8, 4) is 0 Å². The van der Waals surface area contributed by atoms with E-state index < -0.39 is 0 Å². The second-order valence-corrected chi connectivity index (χ2v) is 5.83. The fraction of sp³-hybridized carbons (Fsp3) is 0.929. The van der Waals surface area contributed by atoms with Gasteiger partial charge in [0.1, 0.15) is 5.78 Å². The van der Waals surface area contributed by atoms with Gasteiger partial charge in [-0.3, -0.25) is 4.79 Å². The normalized spacial score (nSPS) is 28.4. The molecule has 1 aliphatic heterocycles. The number of rotatable bonds is 5. The van der Waals surface area contributed by atoms with Crippen LogP contribution in [0.2, 0.25) is 0 Å². The monoisotopic (exact) mass is 223 g/mol. The molecule has 1 aliphatic carbocycles. The molecule has 0 bridgehead atoms. The standard InChI is InChI=1S/C14H25NO/c1-11(13-6-3-7-15-10-13)8-14(16)9-12-4-2-5-12/h11-13,15H,2-10H2,1H3. The van der Waals surface area contributed by atoms with Crippen LogP contribution in [0.3, 0.4) is 0 Å². The van der Waals surface area contributed by atoms with Gasteiger partial charge in [0.2, 0.25) is 0 Å². The number of ketones is 1. The second kappa shape index (κ2) is 5.81. The van der Waals surface area contributed by atoms with Crippen molar-refractivity contribution in [1.29, 1.82) is 0 Å². The van der Waals surface area contributed by atoms with E-state index in [1.54, 1.807) is 0 Å². The first kappa shape index (κ1) is 12.1. The molecule has 1 saturated carbocycles. The number of piperidine rings is 1. The molecule has 0 aromatic carbocycles. The quantitative estimate of drug-likeness (QED) is 0.776. The molecule has 2 unspecified atom stereocenters. The summed E-state index contributed by atoms with van der Waals surface area (Å²) in [5.74, 6) is 2.58. The largest absolute Gasteiger partial charge is 0.316 e. The average molecular weight is 223 g/mol. The topological polar surface area (TPSA) is 29.1 Å². The minimum atomic E-state index is 0.516. The van der Waals surface area contributed by atoms with Crippen molar-refractivity contribution >= 4 is 5.78 Å². The number of Topliss-reactive ketones (excluding diaryl/α,β-unsaturated/α-hetero) is 1. The fourth-order valence-corrected chi connectivity index (χ4v) is 2.99. The summed E-state index contributed by atoms with van der Waals surface area (Å²) in [6.07, 6.45) is 8.22. The lowest BCUT2D eigenvalue weighted by Crippen LogP contribution is -2.34.